The number of hydrogen-bond donors (Lipinski definition) is 0. The van der Waals surface area contributed by atoms with Crippen molar-refractivity contribution >= 4 is 24.0 Å². The predicted octanol–water partition coefficient (Wildman–Crippen LogP) is 1.70. The molecular formula is C11H23Cl2NO4. The van der Waals surface area contributed by atoms with E-state index in [9.17, 15) is 0 Å². The summed E-state index contributed by atoms with van der Waals surface area (Å²) in [6.07, 6.45) is 1.52. The number of likely N-dealkylation sites (N-methyl/N-ethyl adjacent to an activating group) is 1. The highest BCUT2D eigenvalue weighted by Gasteiger charge is 2.15. The highest BCUT2D eigenvalue weighted by molar-refractivity contribution is 6.21. The van der Waals surface area contributed by atoms with Gasteiger partial charge in [0.2, 0.25) is 0 Å². The van der Waals surface area contributed by atoms with Crippen LogP contribution in [0.1, 0.15) is 0 Å². The lowest BCUT2D eigenvalue weighted by Crippen LogP contribution is -2.26. The molecule has 18 heavy (non-hydrogen) atoms. The molecule has 1 unspecified atom stereocenters. The Morgan fingerprint density at radius 2 is 1.67 bits per heavy atom. The standard InChI is InChI=1S/C11H22ClNO4.ClH/c1-13(2)11(12)10(17-8-6-15-4)9-16-7-5-14-3;/h9,11H,5-8H2,1-4H3;1H. The van der Waals surface area contributed by atoms with Gasteiger partial charge in [0.25, 0.3) is 0 Å². The van der Waals surface area contributed by atoms with Crippen molar-refractivity contribution in [3.05, 3.63) is 12.0 Å². The third-order valence-corrected chi connectivity index (χ3v) is 2.45. The summed E-state index contributed by atoms with van der Waals surface area (Å²) in [7, 11) is 6.96. The molecule has 0 aliphatic rings. The van der Waals surface area contributed by atoms with Gasteiger partial charge in [-0.1, -0.05) is 11.6 Å². The van der Waals surface area contributed by atoms with Crippen LogP contribution in [0.25, 0.3) is 0 Å². The molecule has 0 spiro atoms. The molecule has 0 heterocycles. The highest BCUT2D eigenvalue weighted by Crippen LogP contribution is 2.14. The van der Waals surface area contributed by atoms with Crippen LogP contribution in [0.5, 0.6) is 0 Å². The first kappa shape index (κ1) is 20.1. The van der Waals surface area contributed by atoms with Crippen LogP contribution in [-0.4, -0.2) is 65.1 Å². The van der Waals surface area contributed by atoms with E-state index in [-0.39, 0.29) is 17.9 Å². The maximum Gasteiger partial charge on any atom is 0.163 e. The molecule has 0 saturated carbocycles. The SMILES string of the molecule is COCCOC=C(OCCOC)C(Cl)N(C)C.Cl. The molecule has 7 heteroatoms. The van der Waals surface area contributed by atoms with E-state index in [1.807, 2.05) is 19.0 Å². The molecule has 0 aromatic rings. The average molecular weight is 304 g/mol. The van der Waals surface area contributed by atoms with E-state index in [2.05, 4.69) is 0 Å². The van der Waals surface area contributed by atoms with Gasteiger partial charge < -0.3 is 18.9 Å². The first-order valence-corrected chi connectivity index (χ1v) is 5.80. The molecule has 5 nitrogen and oxygen atoms in total. The molecule has 0 aliphatic heterocycles. The normalized spacial score (nSPS) is 13.1. The number of rotatable bonds is 10. The Bertz CT molecular complexity index is 215. The Morgan fingerprint density at radius 3 is 2.17 bits per heavy atom. The molecule has 0 aliphatic carbocycles. The van der Waals surface area contributed by atoms with Crippen molar-refractivity contribution in [3.8, 4) is 0 Å². The highest BCUT2D eigenvalue weighted by atomic mass is 35.5. The van der Waals surface area contributed by atoms with Crippen LogP contribution in [0.3, 0.4) is 0 Å². The zero-order valence-electron chi connectivity index (χ0n) is 11.3. The summed E-state index contributed by atoms with van der Waals surface area (Å²) in [4.78, 5) is 1.82. The number of ether oxygens (including phenoxy) is 4. The van der Waals surface area contributed by atoms with E-state index < -0.39 is 0 Å². The lowest BCUT2D eigenvalue weighted by Gasteiger charge is -2.21. The van der Waals surface area contributed by atoms with E-state index in [1.165, 1.54) is 6.26 Å². The lowest BCUT2D eigenvalue weighted by molar-refractivity contribution is 0.0817. The molecule has 0 amide bonds. The smallest absolute Gasteiger partial charge is 0.163 e. The molecule has 110 valence electrons. The van der Waals surface area contributed by atoms with Gasteiger partial charge in [0.05, 0.1) is 13.2 Å². The van der Waals surface area contributed by atoms with Gasteiger partial charge in [0, 0.05) is 14.2 Å². The van der Waals surface area contributed by atoms with Crippen molar-refractivity contribution in [2.24, 2.45) is 0 Å². The summed E-state index contributed by atoms with van der Waals surface area (Å²) in [6.45, 7) is 1.93. The fraction of sp³-hybridized carbons (Fsp3) is 0.818. The van der Waals surface area contributed by atoms with E-state index in [1.54, 1.807) is 14.2 Å². The Kier molecular flexibility index (Phi) is 14.8. The van der Waals surface area contributed by atoms with Gasteiger partial charge in [-0.15, -0.1) is 12.4 Å². The van der Waals surface area contributed by atoms with E-state index in [4.69, 9.17) is 30.5 Å². The van der Waals surface area contributed by atoms with Gasteiger partial charge in [0.15, 0.2) is 5.76 Å². The van der Waals surface area contributed by atoms with Crippen LogP contribution in [0, 0.1) is 0 Å². The second-order valence-corrected chi connectivity index (χ2v) is 3.94. The maximum atomic E-state index is 6.15. The largest absolute Gasteiger partial charge is 0.495 e. The van der Waals surface area contributed by atoms with Crippen molar-refractivity contribution in [1.29, 1.82) is 0 Å². The molecule has 0 rings (SSSR count). The Labute approximate surface area is 120 Å². The number of hydrogen-bond acceptors (Lipinski definition) is 5. The zero-order chi connectivity index (χ0) is 13.1. The third kappa shape index (κ3) is 9.79. The van der Waals surface area contributed by atoms with Crippen LogP contribution >= 0.6 is 24.0 Å². The fourth-order valence-electron chi connectivity index (χ4n) is 0.929. The van der Waals surface area contributed by atoms with E-state index in [0.717, 1.165) is 0 Å². The molecule has 1 atom stereocenters. The van der Waals surface area contributed by atoms with Gasteiger partial charge in [-0.3, -0.25) is 4.90 Å². The average Bonchev–Trinajstić information content (AvgIpc) is 2.31. The summed E-state index contributed by atoms with van der Waals surface area (Å²) in [5, 5.41) is 0. The molecule has 0 fully saturated rings. The minimum absolute atomic E-state index is 0. The minimum Gasteiger partial charge on any atom is -0.495 e. The van der Waals surface area contributed by atoms with Crippen molar-refractivity contribution < 1.29 is 18.9 Å². The van der Waals surface area contributed by atoms with Crippen molar-refractivity contribution in [2.45, 2.75) is 5.50 Å². The minimum atomic E-state index is -0.366. The number of methoxy groups -OCH3 is 2. The summed E-state index contributed by atoms with van der Waals surface area (Å²) in [5.41, 5.74) is -0.366. The molecule has 0 bridgehead atoms. The molecule has 0 aromatic heterocycles. The Hall–Kier alpha value is -0.200. The molecule has 0 N–H and O–H groups in total. The first-order chi connectivity index (χ1) is 8.13. The number of halogens is 2. The van der Waals surface area contributed by atoms with Crippen molar-refractivity contribution in [1.82, 2.24) is 4.90 Å². The second kappa shape index (κ2) is 13.2. The van der Waals surface area contributed by atoms with E-state index >= 15 is 0 Å². The van der Waals surface area contributed by atoms with Gasteiger partial charge >= 0.3 is 0 Å². The van der Waals surface area contributed by atoms with Crippen molar-refractivity contribution in [3.63, 3.8) is 0 Å². The molecular weight excluding hydrogens is 281 g/mol. The van der Waals surface area contributed by atoms with Crippen LogP contribution in [-0.2, 0) is 18.9 Å². The predicted molar refractivity (Wildman–Crippen MR) is 74.3 cm³/mol. The van der Waals surface area contributed by atoms with Crippen molar-refractivity contribution in [2.75, 3.05) is 54.7 Å². The summed E-state index contributed by atoms with van der Waals surface area (Å²) in [6, 6.07) is 0. The molecule has 0 saturated heterocycles. The lowest BCUT2D eigenvalue weighted by atomic mass is 10.5. The summed E-state index contributed by atoms with van der Waals surface area (Å²) < 4.78 is 20.5. The Balaban J connectivity index is 0. The maximum absolute atomic E-state index is 6.15. The number of nitrogens with zero attached hydrogens (tertiary/aromatic N) is 1. The zero-order valence-corrected chi connectivity index (χ0v) is 12.9. The summed E-state index contributed by atoms with van der Waals surface area (Å²) in [5.74, 6) is 0.560. The quantitative estimate of drug-likeness (QED) is 0.266. The number of alkyl halides is 1. The van der Waals surface area contributed by atoms with Crippen LogP contribution < -0.4 is 0 Å². The summed E-state index contributed by atoms with van der Waals surface area (Å²) >= 11 is 6.15. The van der Waals surface area contributed by atoms with Crippen LogP contribution in [0.15, 0.2) is 12.0 Å². The molecule has 0 aromatic carbocycles. The fourth-order valence-corrected chi connectivity index (χ4v) is 1.04. The van der Waals surface area contributed by atoms with Gasteiger partial charge in [0.1, 0.15) is 25.0 Å². The monoisotopic (exact) mass is 303 g/mol. The Morgan fingerprint density at radius 1 is 1.11 bits per heavy atom. The van der Waals surface area contributed by atoms with Gasteiger partial charge in [-0.2, -0.15) is 0 Å². The van der Waals surface area contributed by atoms with Gasteiger partial charge in [-0.05, 0) is 14.1 Å². The van der Waals surface area contributed by atoms with Crippen LogP contribution in [0.2, 0.25) is 0 Å². The third-order valence-electron chi connectivity index (χ3n) is 1.85. The molecule has 0 radical (unpaired) electrons. The first-order valence-electron chi connectivity index (χ1n) is 5.36. The topological polar surface area (TPSA) is 40.2 Å². The van der Waals surface area contributed by atoms with Gasteiger partial charge in [-0.25, -0.2) is 0 Å². The van der Waals surface area contributed by atoms with E-state index in [0.29, 0.717) is 32.2 Å². The second-order valence-electron chi connectivity index (χ2n) is 3.52. The van der Waals surface area contributed by atoms with Crippen LogP contribution in [0.4, 0.5) is 0 Å².